The van der Waals surface area contributed by atoms with Gasteiger partial charge in [0.05, 0.1) is 57.6 Å². The smallest absolute Gasteiger partial charge is 0.263 e. The van der Waals surface area contributed by atoms with Crippen molar-refractivity contribution in [2.75, 3.05) is 20.3 Å². The van der Waals surface area contributed by atoms with E-state index in [0.29, 0.717) is 4.90 Å². The predicted molar refractivity (Wildman–Crippen MR) is 186 cm³/mol. The second kappa shape index (κ2) is 16.9. The van der Waals surface area contributed by atoms with E-state index in [2.05, 4.69) is 0 Å². The summed E-state index contributed by atoms with van der Waals surface area (Å²) < 4.78 is 35.4. The Labute approximate surface area is 318 Å². The van der Waals surface area contributed by atoms with Crippen molar-refractivity contribution in [3.05, 3.63) is 103 Å². The van der Waals surface area contributed by atoms with Gasteiger partial charge in [-0.3, -0.25) is 14.5 Å². The lowest BCUT2D eigenvalue weighted by Crippen LogP contribution is -2.68. The van der Waals surface area contributed by atoms with Gasteiger partial charge in [0, 0.05) is 7.11 Å². The Kier molecular flexibility index (Phi) is 12.8. The zero-order valence-corrected chi connectivity index (χ0v) is 30.4. The summed E-state index contributed by atoms with van der Waals surface area (Å²) in [6.45, 7) is -0.122. The molecule has 52 heavy (non-hydrogen) atoms. The Morgan fingerprint density at radius 1 is 0.635 bits per heavy atom. The van der Waals surface area contributed by atoms with Gasteiger partial charge < -0.3 is 48.8 Å². The average Bonchev–Trinajstić information content (AvgIpc) is 3.41. The SMILES string of the molecule is CO[C@@H]1O[C@H](COCc2ccccc2)[C@@H](O[C@@H]2O[C@H](COCc3ccccc3)[C@H](O)[C@H](O)[C@H]2O)[C@H](O)[C@H]1N1C(=O)c2c(Cl)c(Cl)c(Cl)c(Cl)c2C1=O. The minimum atomic E-state index is -1.82. The summed E-state index contributed by atoms with van der Waals surface area (Å²) in [5, 5.41) is 43.4. The van der Waals surface area contributed by atoms with Gasteiger partial charge in [-0.2, -0.15) is 0 Å². The zero-order valence-electron chi connectivity index (χ0n) is 27.4. The van der Waals surface area contributed by atoms with Crippen molar-refractivity contribution in [2.24, 2.45) is 0 Å². The highest BCUT2D eigenvalue weighted by Gasteiger charge is 2.57. The molecule has 2 saturated heterocycles. The standard InChI is InChI=1S/C35H35Cl4NO12/c1-47-34-26(40-32(45)20-21(33(40)46)23(37)25(39)24(38)22(20)36)28(42)31(19(51-34)15-49-13-17-10-6-3-7-11-17)52-35-30(44)29(43)27(41)18(50-35)14-48-12-16-8-4-2-5-9-16/h2-11,18-19,26-31,34-35,41-44H,12-15H2,1H3/t18-,19-,26-,27+,28-,29+,30-,31-,34-,35+/m1/s1. The number of halogens is 4. The van der Waals surface area contributed by atoms with Gasteiger partial charge in [-0.1, -0.05) is 107 Å². The van der Waals surface area contributed by atoms with E-state index in [4.69, 9.17) is 74.8 Å². The first-order chi connectivity index (χ1) is 24.9. The van der Waals surface area contributed by atoms with Crippen LogP contribution in [0.25, 0.3) is 0 Å². The van der Waals surface area contributed by atoms with E-state index >= 15 is 0 Å². The molecule has 0 radical (unpaired) electrons. The molecule has 0 aliphatic carbocycles. The maximum Gasteiger partial charge on any atom is 0.263 e. The Balaban J connectivity index is 1.27. The molecule has 2 amide bonds. The van der Waals surface area contributed by atoms with Crippen molar-refractivity contribution >= 4 is 58.2 Å². The highest BCUT2D eigenvalue weighted by Crippen LogP contribution is 2.46. The van der Waals surface area contributed by atoms with Crippen LogP contribution in [-0.4, -0.2) is 119 Å². The fraction of sp³-hybridized carbons (Fsp3) is 0.429. The summed E-state index contributed by atoms with van der Waals surface area (Å²) in [5.41, 5.74) is 1.01. The van der Waals surface area contributed by atoms with Crippen molar-refractivity contribution < 1.29 is 58.4 Å². The second-order valence-corrected chi connectivity index (χ2v) is 13.9. The lowest BCUT2D eigenvalue weighted by Gasteiger charge is -2.48. The van der Waals surface area contributed by atoms with Gasteiger partial charge in [-0.15, -0.1) is 0 Å². The van der Waals surface area contributed by atoms with Gasteiger partial charge in [-0.05, 0) is 11.1 Å². The van der Waals surface area contributed by atoms with Gasteiger partial charge in [-0.25, -0.2) is 0 Å². The Hall–Kier alpha value is -2.44. The number of nitrogens with zero attached hydrogens (tertiary/aromatic N) is 1. The van der Waals surface area contributed by atoms with Crippen molar-refractivity contribution in [1.82, 2.24) is 4.90 Å². The molecule has 2 fully saturated rings. The monoisotopic (exact) mass is 801 g/mol. The lowest BCUT2D eigenvalue weighted by molar-refractivity contribution is -0.351. The molecule has 10 atom stereocenters. The molecule has 17 heteroatoms. The molecule has 13 nitrogen and oxygen atoms in total. The number of carbonyl (C=O) groups is 2. The normalized spacial score (nSPS) is 30.5. The van der Waals surface area contributed by atoms with Gasteiger partial charge in [0.25, 0.3) is 11.8 Å². The van der Waals surface area contributed by atoms with Gasteiger partial charge in [0.15, 0.2) is 12.6 Å². The number of rotatable bonds is 12. The van der Waals surface area contributed by atoms with Crippen LogP contribution in [0.2, 0.25) is 20.1 Å². The van der Waals surface area contributed by atoms with E-state index in [1.54, 1.807) is 0 Å². The summed E-state index contributed by atoms with van der Waals surface area (Å²) in [4.78, 5) is 28.4. The summed E-state index contributed by atoms with van der Waals surface area (Å²) in [5.74, 6) is -1.94. The number of hydrogen-bond acceptors (Lipinski definition) is 12. The fourth-order valence-corrected chi connectivity index (χ4v) is 7.38. The third-order valence-corrected chi connectivity index (χ3v) is 10.9. The molecule has 0 saturated carbocycles. The van der Waals surface area contributed by atoms with Crippen LogP contribution in [0.15, 0.2) is 60.7 Å². The third kappa shape index (κ3) is 7.72. The first-order valence-electron chi connectivity index (χ1n) is 16.1. The highest BCUT2D eigenvalue weighted by molar-refractivity contribution is 6.55. The lowest BCUT2D eigenvalue weighted by atomic mass is 9.94. The number of carbonyl (C=O) groups excluding carboxylic acids is 2. The van der Waals surface area contributed by atoms with E-state index < -0.39 is 73.2 Å². The molecule has 0 unspecified atom stereocenters. The minimum Gasteiger partial charge on any atom is -0.388 e. The van der Waals surface area contributed by atoms with Crippen LogP contribution in [0, 0.1) is 0 Å². The first-order valence-corrected chi connectivity index (χ1v) is 17.6. The molecular formula is C35H35Cl4NO12. The molecule has 0 spiro atoms. The number of hydrogen-bond donors (Lipinski definition) is 4. The van der Waals surface area contributed by atoms with Crippen molar-refractivity contribution in [3.63, 3.8) is 0 Å². The topological polar surface area (TPSA) is 174 Å². The first kappa shape index (κ1) is 39.3. The number of aliphatic hydroxyl groups is 4. The number of amides is 2. The number of fused-ring (bicyclic) bond motifs is 1. The number of ether oxygens (including phenoxy) is 6. The molecular weight excluding hydrogens is 768 g/mol. The van der Waals surface area contributed by atoms with Crippen molar-refractivity contribution in [3.8, 4) is 0 Å². The van der Waals surface area contributed by atoms with E-state index in [1.165, 1.54) is 7.11 Å². The number of aliphatic hydroxyl groups excluding tert-OH is 4. The Morgan fingerprint density at radius 3 is 1.62 bits per heavy atom. The number of imide groups is 1. The van der Waals surface area contributed by atoms with Gasteiger partial charge >= 0.3 is 0 Å². The molecule has 3 heterocycles. The molecule has 3 aliphatic heterocycles. The van der Waals surface area contributed by atoms with E-state index in [1.807, 2.05) is 60.7 Å². The molecule has 3 aliphatic rings. The maximum atomic E-state index is 13.9. The second-order valence-electron chi connectivity index (χ2n) is 12.4. The third-order valence-electron chi connectivity index (χ3n) is 9.05. The van der Waals surface area contributed by atoms with Crippen LogP contribution in [0.5, 0.6) is 0 Å². The molecule has 0 bridgehead atoms. The van der Waals surface area contributed by atoms with Crippen LogP contribution >= 0.6 is 46.4 Å². The van der Waals surface area contributed by atoms with Crippen LogP contribution in [0.4, 0.5) is 0 Å². The molecule has 0 aromatic heterocycles. The number of methoxy groups -OCH3 is 1. The number of benzene rings is 3. The van der Waals surface area contributed by atoms with Crippen LogP contribution in [0.3, 0.4) is 0 Å². The fourth-order valence-electron chi connectivity index (χ4n) is 6.37. The predicted octanol–water partition coefficient (Wildman–Crippen LogP) is 3.62. The summed E-state index contributed by atoms with van der Waals surface area (Å²) >= 11 is 25.1. The van der Waals surface area contributed by atoms with Crippen LogP contribution in [0.1, 0.15) is 31.8 Å². The van der Waals surface area contributed by atoms with Crippen LogP contribution < -0.4 is 0 Å². The highest BCUT2D eigenvalue weighted by atomic mass is 35.5. The molecule has 3 aromatic carbocycles. The van der Waals surface area contributed by atoms with Crippen molar-refractivity contribution in [2.45, 2.75) is 74.6 Å². The molecule has 4 N–H and O–H groups in total. The molecule has 3 aromatic rings. The quantitative estimate of drug-likeness (QED) is 0.119. The summed E-state index contributed by atoms with van der Waals surface area (Å²) in [7, 11) is 1.24. The largest absolute Gasteiger partial charge is 0.388 e. The van der Waals surface area contributed by atoms with E-state index in [0.717, 1.165) is 11.1 Å². The Bertz CT molecular complexity index is 1690. The van der Waals surface area contributed by atoms with E-state index in [-0.39, 0.29) is 57.6 Å². The van der Waals surface area contributed by atoms with Crippen molar-refractivity contribution in [1.29, 1.82) is 0 Å². The van der Waals surface area contributed by atoms with Gasteiger partial charge in [0.1, 0.15) is 48.8 Å². The molecule has 6 rings (SSSR count). The maximum absolute atomic E-state index is 13.9. The minimum absolute atomic E-state index is 0.135. The summed E-state index contributed by atoms with van der Waals surface area (Å²) in [6, 6.07) is 16.8. The zero-order chi connectivity index (χ0) is 37.3. The van der Waals surface area contributed by atoms with Gasteiger partial charge in [0.2, 0.25) is 0 Å². The average molecular weight is 803 g/mol. The molecule has 280 valence electrons. The van der Waals surface area contributed by atoms with E-state index in [9.17, 15) is 30.0 Å². The Morgan fingerprint density at radius 2 is 1.12 bits per heavy atom. The summed E-state index contributed by atoms with van der Waals surface area (Å²) in [6.07, 6.45) is -13.9. The van der Waals surface area contributed by atoms with Crippen LogP contribution in [-0.2, 0) is 41.6 Å².